The van der Waals surface area contributed by atoms with E-state index in [4.69, 9.17) is 11.6 Å². The molecule has 1 aliphatic heterocycles. The Bertz CT molecular complexity index is 475. The molecule has 0 bridgehead atoms. The molecule has 1 aromatic rings. The van der Waals surface area contributed by atoms with Crippen molar-refractivity contribution in [2.45, 2.75) is 25.8 Å². The highest BCUT2D eigenvalue weighted by molar-refractivity contribution is 6.30. The summed E-state index contributed by atoms with van der Waals surface area (Å²) in [6.07, 6.45) is 2.07. The Kier molecular flexibility index (Phi) is 5.06. The van der Waals surface area contributed by atoms with Crippen molar-refractivity contribution in [2.24, 2.45) is 5.92 Å². The normalized spacial score (nSPS) is 21.5. The van der Waals surface area contributed by atoms with E-state index in [0.29, 0.717) is 6.04 Å². The first-order valence-corrected chi connectivity index (χ1v) is 7.57. The summed E-state index contributed by atoms with van der Waals surface area (Å²) in [7, 11) is 3.67. The SMILES string of the molecule is CC(c1cccc(Cl)c1)N1CCCC(C(=O)N(C)C)C1. The Morgan fingerprint density at radius 2 is 2.20 bits per heavy atom. The molecule has 110 valence electrons. The Labute approximate surface area is 126 Å². The smallest absolute Gasteiger partial charge is 0.226 e. The lowest BCUT2D eigenvalue weighted by Gasteiger charge is -2.37. The fraction of sp³-hybridized carbons (Fsp3) is 0.562. The van der Waals surface area contributed by atoms with Gasteiger partial charge in [-0.3, -0.25) is 9.69 Å². The number of rotatable bonds is 3. The van der Waals surface area contributed by atoms with Crippen molar-refractivity contribution in [3.8, 4) is 0 Å². The summed E-state index contributed by atoms with van der Waals surface area (Å²) in [6, 6.07) is 8.30. The monoisotopic (exact) mass is 294 g/mol. The van der Waals surface area contributed by atoms with E-state index < -0.39 is 0 Å². The van der Waals surface area contributed by atoms with Crippen LogP contribution in [0, 0.1) is 5.92 Å². The maximum absolute atomic E-state index is 12.1. The maximum atomic E-state index is 12.1. The molecule has 1 aliphatic rings. The molecule has 20 heavy (non-hydrogen) atoms. The Balaban J connectivity index is 2.07. The van der Waals surface area contributed by atoms with Crippen molar-refractivity contribution in [1.29, 1.82) is 0 Å². The topological polar surface area (TPSA) is 23.6 Å². The molecule has 2 unspecified atom stereocenters. The lowest BCUT2D eigenvalue weighted by Crippen LogP contribution is -2.43. The highest BCUT2D eigenvalue weighted by Gasteiger charge is 2.29. The summed E-state index contributed by atoms with van der Waals surface area (Å²) >= 11 is 6.07. The van der Waals surface area contributed by atoms with Crippen molar-refractivity contribution >= 4 is 17.5 Å². The third kappa shape index (κ3) is 3.53. The van der Waals surface area contributed by atoms with Crippen molar-refractivity contribution in [3.05, 3.63) is 34.9 Å². The van der Waals surface area contributed by atoms with Crippen LogP contribution in [0.1, 0.15) is 31.4 Å². The molecule has 0 aromatic heterocycles. The van der Waals surface area contributed by atoms with Crippen LogP contribution in [0.4, 0.5) is 0 Å². The Morgan fingerprint density at radius 3 is 2.85 bits per heavy atom. The summed E-state index contributed by atoms with van der Waals surface area (Å²) < 4.78 is 0. The molecule has 0 aliphatic carbocycles. The Morgan fingerprint density at radius 1 is 1.45 bits per heavy atom. The zero-order valence-corrected chi connectivity index (χ0v) is 13.2. The van der Waals surface area contributed by atoms with Crippen LogP contribution >= 0.6 is 11.6 Å². The average Bonchev–Trinajstić information content (AvgIpc) is 2.45. The molecular weight excluding hydrogens is 272 g/mol. The summed E-state index contributed by atoms with van der Waals surface area (Å²) in [5, 5.41) is 0.771. The molecule has 1 fully saturated rings. The fourth-order valence-corrected chi connectivity index (χ4v) is 3.10. The van der Waals surface area contributed by atoms with E-state index >= 15 is 0 Å². The van der Waals surface area contributed by atoms with Crippen LogP contribution < -0.4 is 0 Å². The predicted molar refractivity (Wildman–Crippen MR) is 82.9 cm³/mol. The second-order valence-electron chi connectivity index (χ2n) is 5.80. The number of piperidine rings is 1. The minimum atomic E-state index is 0.125. The summed E-state index contributed by atoms with van der Waals surface area (Å²) in [5.74, 6) is 0.369. The highest BCUT2D eigenvalue weighted by Crippen LogP contribution is 2.28. The van der Waals surface area contributed by atoms with Gasteiger partial charge in [0.25, 0.3) is 0 Å². The summed E-state index contributed by atoms with van der Waals surface area (Å²) in [5.41, 5.74) is 1.22. The van der Waals surface area contributed by atoms with Gasteiger partial charge in [-0.1, -0.05) is 23.7 Å². The maximum Gasteiger partial charge on any atom is 0.226 e. The summed E-state index contributed by atoms with van der Waals surface area (Å²) in [4.78, 5) is 16.2. The number of carbonyl (C=O) groups excluding carboxylic acids is 1. The lowest BCUT2D eigenvalue weighted by molar-refractivity contribution is -0.135. The van der Waals surface area contributed by atoms with E-state index in [9.17, 15) is 4.79 Å². The first kappa shape index (κ1) is 15.3. The van der Waals surface area contributed by atoms with Crippen LogP contribution in [0.25, 0.3) is 0 Å². The van der Waals surface area contributed by atoms with Gasteiger partial charge < -0.3 is 4.90 Å². The van der Waals surface area contributed by atoms with E-state index in [1.165, 1.54) is 5.56 Å². The molecule has 2 rings (SSSR count). The molecule has 1 aromatic carbocycles. The number of hydrogen-bond donors (Lipinski definition) is 0. The van der Waals surface area contributed by atoms with Crippen molar-refractivity contribution in [3.63, 3.8) is 0 Å². The van der Waals surface area contributed by atoms with Crippen molar-refractivity contribution in [2.75, 3.05) is 27.2 Å². The van der Waals surface area contributed by atoms with E-state index in [1.807, 2.05) is 32.3 Å². The first-order valence-electron chi connectivity index (χ1n) is 7.19. The quantitative estimate of drug-likeness (QED) is 0.855. The molecule has 4 heteroatoms. The molecule has 1 heterocycles. The number of likely N-dealkylation sites (tertiary alicyclic amines) is 1. The highest BCUT2D eigenvalue weighted by atomic mass is 35.5. The average molecular weight is 295 g/mol. The van der Waals surface area contributed by atoms with Gasteiger partial charge in [-0.25, -0.2) is 0 Å². The molecule has 0 radical (unpaired) electrons. The molecule has 0 N–H and O–H groups in total. The zero-order chi connectivity index (χ0) is 14.7. The van der Waals surface area contributed by atoms with Gasteiger partial charge in [0, 0.05) is 31.7 Å². The van der Waals surface area contributed by atoms with Gasteiger partial charge in [-0.2, -0.15) is 0 Å². The second-order valence-corrected chi connectivity index (χ2v) is 6.23. The Hall–Kier alpha value is -1.06. The number of carbonyl (C=O) groups is 1. The van der Waals surface area contributed by atoms with Crippen LogP contribution in [-0.4, -0.2) is 42.9 Å². The molecule has 0 spiro atoms. The van der Waals surface area contributed by atoms with Crippen molar-refractivity contribution in [1.82, 2.24) is 9.80 Å². The molecule has 3 nitrogen and oxygen atoms in total. The van der Waals surface area contributed by atoms with Gasteiger partial charge in [-0.05, 0) is 44.0 Å². The van der Waals surface area contributed by atoms with Gasteiger partial charge in [0.1, 0.15) is 0 Å². The van der Waals surface area contributed by atoms with Gasteiger partial charge >= 0.3 is 0 Å². The van der Waals surface area contributed by atoms with Gasteiger partial charge in [0.2, 0.25) is 5.91 Å². The number of benzene rings is 1. The number of nitrogens with zero attached hydrogens (tertiary/aromatic N) is 2. The number of halogens is 1. The van der Waals surface area contributed by atoms with E-state index in [1.54, 1.807) is 4.90 Å². The van der Waals surface area contributed by atoms with E-state index in [-0.39, 0.29) is 11.8 Å². The van der Waals surface area contributed by atoms with Crippen LogP contribution in [0.5, 0.6) is 0 Å². The number of hydrogen-bond acceptors (Lipinski definition) is 2. The minimum absolute atomic E-state index is 0.125. The van der Waals surface area contributed by atoms with Gasteiger partial charge in [-0.15, -0.1) is 0 Å². The fourth-order valence-electron chi connectivity index (χ4n) is 2.90. The van der Waals surface area contributed by atoms with E-state index in [2.05, 4.69) is 17.9 Å². The van der Waals surface area contributed by atoms with Crippen LogP contribution in [-0.2, 0) is 4.79 Å². The van der Waals surface area contributed by atoms with Crippen LogP contribution in [0.2, 0.25) is 5.02 Å². The number of amides is 1. The molecule has 1 saturated heterocycles. The predicted octanol–water partition coefficient (Wildman–Crippen LogP) is 3.20. The molecular formula is C16H23ClN2O. The van der Waals surface area contributed by atoms with Crippen LogP contribution in [0.15, 0.2) is 24.3 Å². The second kappa shape index (κ2) is 6.59. The van der Waals surface area contributed by atoms with Crippen LogP contribution in [0.3, 0.4) is 0 Å². The van der Waals surface area contributed by atoms with Gasteiger partial charge in [0.15, 0.2) is 0 Å². The first-order chi connectivity index (χ1) is 9.49. The van der Waals surface area contributed by atoms with Gasteiger partial charge in [0.05, 0.1) is 5.92 Å². The molecule has 1 amide bonds. The zero-order valence-electron chi connectivity index (χ0n) is 12.5. The minimum Gasteiger partial charge on any atom is -0.349 e. The third-order valence-electron chi connectivity index (χ3n) is 4.12. The lowest BCUT2D eigenvalue weighted by atomic mass is 9.94. The van der Waals surface area contributed by atoms with Crippen molar-refractivity contribution < 1.29 is 4.79 Å². The summed E-state index contributed by atoms with van der Waals surface area (Å²) in [6.45, 7) is 4.07. The standard InChI is InChI=1S/C16H23ClN2O/c1-12(13-6-4-8-15(17)10-13)19-9-5-7-14(11-19)16(20)18(2)3/h4,6,8,10,12,14H,5,7,9,11H2,1-3H3. The largest absolute Gasteiger partial charge is 0.349 e. The van der Waals surface area contributed by atoms with E-state index in [0.717, 1.165) is 31.0 Å². The molecule has 2 atom stereocenters. The molecule has 0 saturated carbocycles. The third-order valence-corrected chi connectivity index (χ3v) is 4.36.